The summed E-state index contributed by atoms with van der Waals surface area (Å²) in [4.78, 5) is 18.8. The molecule has 0 amide bonds. The van der Waals surface area contributed by atoms with Crippen molar-refractivity contribution in [2.75, 3.05) is 32.7 Å². The molecule has 6 rings (SSSR count). The van der Waals surface area contributed by atoms with Gasteiger partial charge in [0.25, 0.3) is 0 Å². The van der Waals surface area contributed by atoms with Gasteiger partial charge in [0.05, 0.1) is 10.8 Å². The van der Waals surface area contributed by atoms with E-state index in [-0.39, 0.29) is 0 Å². The van der Waals surface area contributed by atoms with Gasteiger partial charge in [-0.2, -0.15) is 0 Å². The van der Waals surface area contributed by atoms with Gasteiger partial charge in [-0.1, -0.05) is 66.7 Å². The lowest BCUT2D eigenvalue weighted by Gasteiger charge is -2.58. The Kier molecular flexibility index (Phi) is 3.16. The first-order valence-electron chi connectivity index (χ1n) is 9.02. The normalized spacial score (nSPS) is 34.6. The molecule has 0 saturated carbocycles. The molecule has 0 radical (unpaired) electrons. The Labute approximate surface area is 148 Å². The van der Waals surface area contributed by atoms with Gasteiger partial charge in [0.2, 0.25) is 0 Å². The van der Waals surface area contributed by atoms with Crippen LogP contribution in [0.4, 0.5) is 0 Å². The fourth-order valence-corrected chi connectivity index (χ4v) is 5.14. The minimum atomic E-state index is -0.446. The molecule has 4 aliphatic heterocycles. The predicted octanol–water partition coefficient (Wildman–Crippen LogP) is 2.59. The first-order chi connectivity index (χ1) is 12.2. The zero-order chi connectivity index (χ0) is 16.9. The van der Waals surface area contributed by atoms with E-state index in [1.165, 1.54) is 0 Å². The summed E-state index contributed by atoms with van der Waals surface area (Å²) in [6, 6.07) is 20.8. The molecule has 2 atom stereocenters. The van der Waals surface area contributed by atoms with Crippen molar-refractivity contribution in [1.29, 1.82) is 0 Å². The van der Waals surface area contributed by atoms with Gasteiger partial charge >= 0.3 is 0 Å². The molecule has 126 valence electrons. The molecule has 3 heteroatoms. The quantitative estimate of drug-likeness (QED) is 0.846. The van der Waals surface area contributed by atoms with E-state index >= 15 is 0 Å². The predicted molar refractivity (Wildman–Crippen MR) is 98.4 cm³/mol. The van der Waals surface area contributed by atoms with Crippen LogP contribution in [0.5, 0.6) is 0 Å². The van der Waals surface area contributed by atoms with Crippen LogP contribution in [-0.4, -0.2) is 48.3 Å². The summed E-state index contributed by atoms with van der Waals surface area (Å²) in [6.45, 7) is 4.08. The lowest BCUT2D eigenvalue weighted by Crippen LogP contribution is -2.73. The van der Waals surface area contributed by atoms with Crippen LogP contribution in [0.2, 0.25) is 0 Å². The molecule has 4 heterocycles. The molecular formula is C22H22N2O. The summed E-state index contributed by atoms with van der Waals surface area (Å²) < 4.78 is 0. The van der Waals surface area contributed by atoms with Gasteiger partial charge in [-0.05, 0) is 17.3 Å². The smallest absolute Gasteiger partial charge is 0.160 e. The number of nitrogens with zero attached hydrogens (tertiary/aromatic N) is 2. The summed E-state index contributed by atoms with van der Waals surface area (Å²) >= 11 is 0. The van der Waals surface area contributed by atoms with Crippen molar-refractivity contribution in [3.63, 3.8) is 0 Å². The second-order valence-electron chi connectivity index (χ2n) is 7.68. The number of hydrogen-bond acceptors (Lipinski definition) is 3. The highest BCUT2D eigenvalue weighted by Gasteiger charge is 2.61. The van der Waals surface area contributed by atoms with Gasteiger partial charge in [0.1, 0.15) is 0 Å². The highest BCUT2D eigenvalue weighted by molar-refractivity contribution is 6.01. The van der Waals surface area contributed by atoms with Crippen molar-refractivity contribution in [2.24, 2.45) is 0 Å². The van der Waals surface area contributed by atoms with E-state index in [4.69, 9.17) is 0 Å². The summed E-state index contributed by atoms with van der Waals surface area (Å²) in [6.07, 6.45) is 4.44. The molecule has 2 aromatic rings. The van der Waals surface area contributed by atoms with E-state index in [1.54, 1.807) is 0 Å². The third-order valence-electron chi connectivity index (χ3n) is 6.13. The molecule has 0 aromatic heterocycles. The molecule has 2 fully saturated rings. The minimum Gasteiger partial charge on any atom is -0.375 e. The maximum Gasteiger partial charge on any atom is 0.160 e. The van der Waals surface area contributed by atoms with Crippen LogP contribution >= 0.6 is 0 Å². The van der Waals surface area contributed by atoms with Crippen LogP contribution in [0.3, 0.4) is 0 Å². The SMILES string of the molecule is O=C1C2(c3ccccc3)CN3/C=C\CN(C2)CC1(c1ccccc1)C3. The first kappa shape index (κ1) is 14.9. The molecule has 2 unspecified atom stereocenters. The summed E-state index contributed by atoms with van der Waals surface area (Å²) in [5, 5.41) is 0. The second-order valence-corrected chi connectivity index (χ2v) is 7.68. The highest BCUT2D eigenvalue weighted by atomic mass is 16.1. The standard InChI is InChI=1S/C22H22N2O/c25-20-21(18-8-3-1-4-9-18)14-23-12-7-13-24(15-21)17-22(20,16-23)19-10-5-2-6-11-19/h1-12H,13-17H2/b12-7-. The first-order valence-corrected chi connectivity index (χ1v) is 9.02. The molecule has 0 spiro atoms. The zero-order valence-electron chi connectivity index (χ0n) is 14.3. The maximum atomic E-state index is 14.0. The van der Waals surface area contributed by atoms with E-state index in [0.717, 1.165) is 43.9 Å². The fourth-order valence-electron chi connectivity index (χ4n) is 5.14. The summed E-state index contributed by atoms with van der Waals surface area (Å²) in [5.74, 6) is 0.403. The van der Waals surface area contributed by atoms with E-state index in [0.29, 0.717) is 5.78 Å². The number of hydrogen-bond donors (Lipinski definition) is 0. The van der Waals surface area contributed by atoms with Crippen molar-refractivity contribution in [3.8, 4) is 0 Å². The van der Waals surface area contributed by atoms with E-state index < -0.39 is 10.8 Å². The molecule has 0 N–H and O–H groups in total. The van der Waals surface area contributed by atoms with E-state index in [2.05, 4.69) is 70.6 Å². The van der Waals surface area contributed by atoms with Crippen LogP contribution < -0.4 is 0 Å². The van der Waals surface area contributed by atoms with Crippen LogP contribution in [0.25, 0.3) is 0 Å². The number of fused-ring (bicyclic) bond motifs is 1. The Balaban J connectivity index is 1.74. The monoisotopic (exact) mass is 330 g/mol. The number of ketones is 1. The van der Waals surface area contributed by atoms with Gasteiger partial charge in [-0.15, -0.1) is 0 Å². The fraction of sp³-hybridized carbons (Fsp3) is 0.318. The maximum absolute atomic E-state index is 14.0. The molecular weight excluding hydrogens is 308 g/mol. The summed E-state index contributed by atoms with van der Waals surface area (Å²) in [7, 11) is 0. The lowest BCUT2D eigenvalue weighted by atomic mass is 9.57. The largest absolute Gasteiger partial charge is 0.375 e. The second kappa shape index (κ2) is 5.30. The van der Waals surface area contributed by atoms with Crippen LogP contribution in [0.1, 0.15) is 11.1 Å². The third-order valence-corrected chi connectivity index (χ3v) is 6.13. The minimum absolute atomic E-state index is 0.403. The van der Waals surface area contributed by atoms with Gasteiger partial charge in [-0.3, -0.25) is 9.69 Å². The highest BCUT2D eigenvalue weighted by Crippen LogP contribution is 2.46. The summed E-state index contributed by atoms with van der Waals surface area (Å²) in [5.41, 5.74) is 1.42. The van der Waals surface area contributed by atoms with E-state index in [1.807, 2.05) is 12.1 Å². The van der Waals surface area contributed by atoms with Crippen LogP contribution in [-0.2, 0) is 15.6 Å². The Hall–Kier alpha value is -2.39. The number of Topliss-reactive ketones (excluding diaryl/α,β-unsaturated/α-hetero) is 1. The average molecular weight is 330 g/mol. The van der Waals surface area contributed by atoms with Gasteiger partial charge < -0.3 is 4.90 Å². The van der Waals surface area contributed by atoms with Crippen molar-refractivity contribution < 1.29 is 4.79 Å². The Morgan fingerprint density at radius 3 is 1.76 bits per heavy atom. The van der Waals surface area contributed by atoms with Crippen LogP contribution in [0.15, 0.2) is 72.9 Å². The Morgan fingerprint density at radius 1 is 0.720 bits per heavy atom. The number of rotatable bonds is 2. The third kappa shape index (κ3) is 2.05. The van der Waals surface area contributed by atoms with Crippen LogP contribution in [0, 0.1) is 0 Å². The number of carbonyl (C=O) groups excluding carboxylic acids is 1. The molecule has 3 nitrogen and oxygen atoms in total. The van der Waals surface area contributed by atoms with Gasteiger partial charge in [0, 0.05) is 32.7 Å². The molecule has 0 aliphatic carbocycles. The Bertz CT molecular complexity index is 770. The number of carbonyl (C=O) groups is 1. The van der Waals surface area contributed by atoms with Crippen molar-refractivity contribution >= 4 is 5.78 Å². The molecule has 25 heavy (non-hydrogen) atoms. The van der Waals surface area contributed by atoms with Crippen molar-refractivity contribution in [1.82, 2.24) is 9.80 Å². The average Bonchev–Trinajstić information content (AvgIpc) is 2.62. The van der Waals surface area contributed by atoms with Gasteiger partial charge in [0.15, 0.2) is 5.78 Å². The zero-order valence-corrected chi connectivity index (χ0v) is 14.3. The van der Waals surface area contributed by atoms with Gasteiger partial charge in [-0.25, -0.2) is 0 Å². The van der Waals surface area contributed by atoms with Crippen molar-refractivity contribution in [2.45, 2.75) is 10.8 Å². The number of piperidine rings is 2. The van der Waals surface area contributed by atoms with E-state index in [9.17, 15) is 4.79 Å². The lowest BCUT2D eigenvalue weighted by molar-refractivity contribution is -0.143. The Morgan fingerprint density at radius 2 is 1.24 bits per heavy atom. The molecule has 4 aliphatic rings. The number of benzene rings is 2. The molecule has 2 aromatic carbocycles. The van der Waals surface area contributed by atoms with Crippen molar-refractivity contribution in [3.05, 3.63) is 84.1 Å². The topological polar surface area (TPSA) is 23.6 Å². The molecule has 2 saturated heterocycles. The molecule has 4 bridgehead atoms.